The van der Waals surface area contributed by atoms with Crippen molar-refractivity contribution in [3.05, 3.63) is 0 Å². The van der Waals surface area contributed by atoms with E-state index in [1.165, 1.54) is 6.42 Å². The zero-order valence-electron chi connectivity index (χ0n) is 11.8. The summed E-state index contributed by atoms with van der Waals surface area (Å²) in [5, 5.41) is 12.6. The summed E-state index contributed by atoms with van der Waals surface area (Å²) in [6.07, 6.45) is 4.91. The van der Waals surface area contributed by atoms with Crippen LogP contribution in [0.4, 0.5) is 0 Å². The predicted molar refractivity (Wildman–Crippen MR) is 71.6 cm³/mol. The molecular formula is C14H26N2O2. The van der Waals surface area contributed by atoms with Gasteiger partial charge in [0.15, 0.2) is 0 Å². The van der Waals surface area contributed by atoms with Gasteiger partial charge in [-0.25, -0.2) is 0 Å². The number of nitrogens with one attached hydrogen (secondary N) is 1. The Morgan fingerprint density at radius 1 is 1.44 bits per heavy atom. The van der Waals surface area contributed by atoms with Gasteiger partial charge >= 0.3 is 5.97 Å². The smallest absolute Gasteiger partial charge is 0.323 e. The first-order valence-electron chi connectivity index (χ1n) is 7.16. The van der Waals surface area contributed by atoms with Gasteiger partial charge in [0.2, 0.25) is 0 Å². The molecule has 2 rings (SSSR count). The molecule has 0 amide bonds. The molecule has 1 aliphatic heterocycles. The van der Waals surface area contributed by atoms with E-state index in [9.17, 15) is 9.90 Å². The topological polar surface area (TPSA) is 52.6 Å². The van der Waals surface area contributed by atoms with Crippen LogP contribution in [0, 0.1) is 5.92 Å². The van der Waals surface area contributed by atoms with Crippen LogP contribution in [0.1, 0.15) is 46.0 Å². The van der Waals surface area contributed by atoms with Crippen LogP contribution in [0.2, 0.25) is 0 Å². The molecule has 0 bridgehead atoms. The second-order valence-electron chi connectivity index (χ2n) is 6.27. The monoisotopic (exact) mass is 254 g/mol. The second-order valence-corrected chi connectivity index (χ2v) is 6.27. The Morgan fingerprint density at radius 2 is 2.17 bits per heavy atom. The van der Waals surface area contributed by atoms with E-state index >= 15 is 0 Å². The third kappa shape index (κ3) is 2.41. The van der Waals surface area contributed by atoms with E-state index in [-0.39, 0.29) is 0 Å². The van der Waals surface area contributed by atoms with E-state index in [0.717, 1.165) is 38.1 Å². The van der Waals surface area contributed by atoms with E-state index in [4.69, 9.17) is 0 Å². The van der Waals surface area contributed by atoms with E-state index < -0.39 is 11.5 Å². The summed E-state index contributed by atoms with van der Waals surface area (Å²) in [5.74, 6) is 0.0605. The largest absolute Gasteiger partial charge is 0.480 e. The number of carbonyl (C=O) groups is 1. The first-order chi connectivity index (χ1) is 8.48. The minimum Gasteiger partial charge on any atom is -0.480 e. The summed E-state index contributed by atoms with van der Waals surface area (Å²) in [4.78, 5) is 14.1. The average Bonchev–Trinajstić information content (AvgIpc) is 2.68. The van der Waals surface area contributed by atoms with E-state index in [0.29, 0.717) is 12.1 Å². The Morgan fingerprint density at radius 3 is 2.67 bits per heavy atom. The van der Waals surface area contributed by atoms with Gasteiger partial charge in [0.05, 0.1) is 0 Å². The zero-order valence-corrected chi connectivity index (χ0v) is 11.8. The molecule has 4 nitrogen and oxygen atoms in total. The molecule has 1 saturated carbocycles. The number of nitrogens with zero attached hydrogens (tertiary/aromatic N) is 1. The lowest BCUT2D eigenvalue weighted by Crippen LogP contribution is -2.57. The molecule has 4 atom stereocenters. The number of rotatable bonds is 3. The standard InChI is InChI=1S/C14H26N2O2/c1-10-7-11(2)16(9-10)12-5-4-6-14(8-12,15-3)13(17)18/h10-12,15H,4-9H2,1-3H3,(H,17,18). The molecule has 18 heavy (non-hydrogen) atoms. The Labute approximate surface area is 110 Å². The Kier molecular flexibility index (Phi) is 3.97. The van der Waals surface area contributed by atoms with Crippen molar-refractivity contribution in [2.24, 2.45) is 5.92 Å². The number of carboxylic acids is 1. The van der Waals surface area contributed by atoms with Gasteiger partial charge in [0.1, 0.15) is 5.54 Å². The summed E-state index contributed by atoms with van der Waals surface area (Å²) in [6.45, 7) is 5.70. The minimum absolute atomic E-state index is 0.433. The number of carboxylic acid groups (broad SMARTS) is 1. The molecule has 0 radical (unpaired) electrons. The van der Waals surface area contributed by atoms with Gasteiger partial charge in [-0.2, -0.15) is 0 Å². The highest BCUT2D eigenvalue weighted by Gasteiger charge is 2.45. The molecule has 0 spiro atoms. The van der Waals surface area contributed by atoms with Crippen LogP contribution in [0.3, 0.4) is 0 Å². The van der Waals surface area contributed by atoms with Crippen molar-refractivity contribution in [2.75, 3.05) is 13.6 Å². The molecule has 0 aromatic heterocycles. The highest BCUT2D eigenvalue weighted by Crippen LogP contribution is 2.35. The van der Waals surface area contributed by atoms with E-state index in [1.54, 1.807) is 7.05 Å². The van der Waals surface area contributed by atoms with E-state index in [1.807, 2.05) is 0 Å². The highest BCUT2D eigenvalue weighted by atomic mass is 16.4. The van der Waals surface area contributed by atoms with Crippen molar-refractivity contribution in [1.82, 2.24) is 10.2 Å². The van der Waals surface area contributed by atoms with Gasteiger partial charge in [-0.3, -0.25) is 9.69 Å². The maximum absolute atomic E-state index is 11.5. The quantitative estimate of drug-likeness (QED) is 0.805. The van der Waals surface area contributed by atoms with Gasteiger partial charge < -0.3 is 10.4 Å². The second kappa shape index (κ2) is 5.17. The number of likely N-dealkylation sites (N-methyl/N-ethyl adjacent to an activating group) is 1. The van der Waals surface area contributed by atoms with Gasteiger partial charge in [-0.15, -0.1) is 0 Å². The lowest BCUT2D eigenvalue weighted by atomic mass is 9.78. The summed E-state index contributed by atoms with van der Waals surface area (Å²) in [5.41, 5.74) is -0.700. The van der Waals surface area contributed by atoms with Crippen LogP contribution in [0.25, 0.3) is 0 Å². The molecule has 2 fully saturated rings. The SMILES string of the molecule is CNC1(C(=O)O)CCCC(N2CC(C)CC2C)C1. The van der Waals surface area contributed by atoms with Crippen molar-refractivity contribution < 1.29 is 9.90 Å². The summed E-state index contributed by atoms with van der Waals surface area (Å²) < 4.78 is 0. The maximum atomic E-state index is 11.5. The van der Waals surface area contributed by atoms with Crippen molar-refractivity contribution in [3.63, 3.8) is 0 Å². The lowest BCUT2D eigenvalue weighted by Gasteiger charge is -2.42. The molecule has 4 unspecified atom stereocenters. The van der Waals surface area contributed by atoms with Crippen LogP contribution in [-0.2, 0) is 4.79 Å². The number of aliphatic carboxylic acids is 1. The fourth-order valence-electron chi connectivity index (χ4n) is 3.90. The number of hydrogen-bond acceptors (Lipinski definition) is 3. The third-order valence-corrected chi connectivity index (χ3v) is 4.91. The fraction of sp³-hybridized carbons (Fsp3) is 0.929. The average molecular weight is 254 g/mol. The minimum atomic E-state index is -0.700. The first-order valence-corrected chi connectivity index (χ1v) is 7.16. The molecule has 0 aromatic rings. The normalized spacial score (nSPS) is 42.1. The number of hydrogen-bond donors (Lipinski definition) is 2. The van der Waals surface area contributed by atoms with Crippen LogP contribution in [-0.4, -0.2) is 47.2 Å². The molecule has 2 aliphatic rings. The Hall–Kier alpha value is -0.610. The molecule has 2 N–H and O–H groups in total. The first kappa shape index (κ1) is 13.8. The molecule has 104 valence electrons. The Balaban J connectivity index is 2.09. The summed E-state index contributed by atoms with van der Waals surface area (Å²) in [7, 11) is 1.78. The lowest BCUT2D eigenvalue weighted by molar-refractivity contribution is -0.147. The van der Waals surface area contributed by atoms with Crippen LogP contribution in [0.5, 0.6) is 0 Å². The van der Waals surface area contributed by atoms with Gasteiger partial charge in [-0.1, -0.05) is 6.92 Å². The van der Waals surface area contributed by atoms with Crippen molar-refractivity contribution >= 4 is 5.97 Å². The molecule has 1 aliphatic carbocycles. The highest BCUT2D eigenvalue weighted by molar-refractivity contribution is 5.79. The maximum Gasteiger partial charge on any atom is 0.323 e. The van der Waals surface area contributed by atoms with Crippen LogP contribution >= 0.6 is 0 Å². The van der Waals surface area contributed by atoms with Crippen molar-refractivity contribution in [3.8, 4) is 0 Å². The van der Waals surface area contributed by atoms with Gasteiger partial charge in [0, 0.05) is 18.6 Å². The summed E-state index contributed by atoms with van der Waals surface area (Å²) in [6, 6.07) is 1.04. The third-order valence-electron chi connectivity index (χ3n) is 4.91. The zero-order chi connectivity index (χ0) is 13.3. The van der Waals surface area contributed by atoms with Gasteiger partial charge in [-0.05, 0) is 52.0 Å². The van der Waals surface area contributed by atoms with E-state index in [2.05, 4.69) is 24.1 Å². The van der Waals surface area contributed by atoms with Crippen molar-refractivity contribution in [2.45, 2.75) is 63.6 Å². The molecule has 0 aromatic carbocycles. The Bertz CT molecular complexity index is 321. The molecule has 1 saturated heterocycles. The summed E-state index contributed by atoms with van der Waals surface area (Å²) >= 11 is 0. The van der Waals surface area contributed by atoms with Crippen LogP contribution in [0.15, 0.2) is 0 Å². The molecule has 1 heterocycles. The molecular weight excluding hydrogens is 228 g/mol. The predicted octanol–water partition coefficient (Wildman–Crippen LogP) is 1.70. The van der Waals surface area contributed by atoms with Gasteiger partial charge in [0.25, 0.3) is 0 Å². The van der Waals surface area contributed by atoms with Crippen LogP contribution < -0.4 is 5.32 Å². The molecule has 4 heteroatoms. The number of likely N-dealkylation sites (tertiary alicyclic amines) is 1. The van der Waals surface area contributed by atoms with Crippen molar-refractivity contribution in [1.29, 1.82) is 0 Å². The fourth-order valence-corrected chi connectivity index (χ4v) is 3.90.